The minimum absolute atomic E-state index is 0.514. The van der Waals surface area contributed by atoms with Crippen molar-refractivity contribution in [2.24, 2.45) is 0 Å². The number of nitriles is 1. The van der Waals surface area contributed by atoms with Crippen LogP contribution in [0.5, 0.6) is 0 Å². The van der Waals surface area contributed by atoms with Gasteiger partial charge in [-0.05, 0) is 41.5 Å². The molecule has 0 saturated carbocycles. The number of halogens is 1. The summed E-state index contributed by atoms with van der Waals surface area (Å²) in [6, 6.07) is 7.97. The number of aromatic nitrogens is 1. The summed E-state index contributed by atoms with van der Waals surface area (Å²) in [4.78, 5) is 6.37. The first kappa shape index (κ1) is 13.7. The molecule has 2 aromatic heterocycles. The molecule has 1 aliphatic rings. The zero-order chi connectivity index (χ0) is 13.9. The summed E-state index contributed by atoms with van der Waals surface area (Å²) < 4.78 is 0. The van der Waals surface area contributed by atoms with Crippen molar-refractivity contribution >= 4 is 45.3 Å². The monoisotopic (exact) mass is 318 g/mol. The molecule has 5 heteroatoms. The summed E-state index contributed by atoms with van der Waals surface area (Å²) in [5.74, 6) is 2.22. The molecular weight excluding hydrogens is 308 g/mol. The van der Waals surface area contributed by atoms with E-state index in [1.54, 1.807) is 23.7 Å². The summed E-state index contributed by atoms with van der Waals surface area (Å²) in [7, 11) is 0. The molecule has 0 N–H and O–H groups in total. The van der Waals surface area contributed by atoms with Crippen LogP contribution >= 0.6 is 34.7 Å². The Kier molecular flexibility index (Phi) is 4.11. The van der Waals surface area contributed by atoms with Crippen molar-refractivity contribution in [3.63, 3.8) is 0 Å². The quantitative estimate of drug-likeness (QED) is 0.761. The van der Waals surface area contributed by atoms with E-state index in [1.165, 1.54) is 16.2 Å². The van der Waals surface area contributed by atoms with E-state index in [0.717, 1.165) is 22.6 Å². The summed E-state index contributed by atoms with van der Waals surface area (Å²) >= 11 is 10.1. The van der Waals surface area contributed by atoms with Gasteiger partial charge in [-0.3, -0.25) is 4.98 Å². The number of allylic oxidation sites excluding steroid dienone is 1. The lowest BCUT2D eigenvalue weighted by molar-refractivity contribution is 1.13. The molecule has 0 spiro atoms. The molecule has 0 aromatic carbocycles. The van der Waals surface area contributed by atoms with Gasteiger partial charge in [0.25, 0.3) is 0 Å². The van der Waals surface area contributed by atoms with Crippen LogP contribution in [-0.4, -0.2) is 10.7 Å². The Balaban J connectivity index is 2.05. The van der Waals surface area contributed by atoms with E-state index in [-0.39, 0.29) is 0 Å². The van der Waals surface area contributed by atoms with Crippen molar-refractivity contribution in [1.82, 2.24) is 4.98 Å². The maximum absolute atomic E-state index is 9.40. The molecule has 0 fully saturated rings. The van der Waals surface area contributed by atoms with Crippen LogP contribution in [0.15, 0.2) is 30.6 Å². The number of fused-ring (bicyclic) bond motifs is 1. The third-order valence-electron chi connectivity index (χ3n) is 3.14. The van der Waals surface area contributed by atoms with Gasteiger partial charge in [0, 0.05) is 27.9 Å². The molecule has 0 radical (unpaired) electrons. The first-order valence-corrected chi connectivity index (χ1v) is 8.54. The van der Waals surface area contributed by atoms with Gasteiger partial charge in [-0.25, -0.2) is 0 Å². The maximum Gasteiger partial charge on any atom is 0.101 e. The number of hydrogen-bond donors (Lipinski definition) is 0. The standard InChI is InChI=1S/C15H11ClN2S2/c16-15(12(8-17)10-1-4-18-5-2-10)14-7-11-9-19-6-3-13(11)20-14/h1-2,4-5,7H,3,6,9H2/b15-12-. The summed E-state index contributed by atoms with van der Waals surface area (Å²) in [6.07, 6.45) is 4.45. The Morgan fingerprint density at radius 3 is 2.85 bits per heavy atom. The van der Waals surface area contributed by atoms with Gasteiger partial charge in [0.1, 0.15) is 6.07 Å². The van der Waals surface area contributed by atoms with Crippen molar-refractivity contribution in [3.05, 3.63) is 51.5 Å². The minimum atomic E-state index is 0.514. The molecule has 0 amide bonds. The first-order valence-electron chi connectivity index (χ1n) is 6.19. The number of thioether (sulfide) groups is 1. The molecule has 0 aliphatic carbocycles. The number of rotatable bonds is 2. The van der Waals surface area contributed by atoms with Crippen molar-refractivity contribution in [3.8, 4) is 6.07 Å². The average Bonchev–Trinajstić information content (AvgIpc) is 2.93. The van der Waals surface area contributed by atoms with E-state index in [2.05, 4.69) is 17.1 Å². The molecular formula is C15H11ClN2S2. The molecule has 1 aliphatic heterocycles. The number of nitrogens with zero attached hydrogens (tertiary/aromatic N) is 2. The Hall–Kier alpha value is -1.28. The Morgan fingerprint density at radius 2 is 2.15 bits per heavy atom. The third-order valence-corrected chi connectivity index (χ3v) is 5.91. The Labute approximate surface area is 131 Å². The molecule has 0 saturated heterocycles. The number of aryl methyl sites for hydroxylation is 1. The van der Waals surface area contributed by atoms with Crippen LogP contribution in [0.4, 0.5) is 0 Å². The number of hydrogen-bond acceptors (Lipinski definition) is 4. The van der Waals surface area contributed by atoms with E-state index in [9.17, 15) is 5.26 Å². The molecule has 2 nitrogen and oxygen atoms in total. The van der Waals surface area contributed by atoms with Gasteiger partial charge in [0.05, 0.1) is 10.6 Å². The van der Waals surface area contributed by atoms with Gasteiger partial charge in [0.2, 0.25) is 0 Å². The highest BCUT2D eigenvalue weighted by atomic mass is 35.5. The molecule has 20 heavy (non-hydrogen) atoms. The summed E-state index contributed by atoms with van der Waals surface area (Å²) in [6.45, 7) is 0. The molecule has 100 valence electrons. The van der Waals surface area contributed by atoms with Gasteiger partial charge in [-0.1, -0.05) is 11.6 Å². The topological polar surface area (TPSA) is 36.7 Å². The largest absolute Gasteiger partial charge is 0.265 e. The van der Waals surface area contributed by atoms with Crippen LogP contribution in [0.25, 0.3) is 10.6 Å². The second-order valence-corrected chi connectivity index (χ2v) is 7.02. The van der Waals surface area contributed by atoms with E-state index in [0.29, 0.717) is 10.6 Å². The van der Waals surface area contributed by atoms with Gasteiger partial charge in [-0.2, -0.15) is 17.0 Å². The highest BCUT2D eigenvalue weighted by molar-refractivity contribution is 7.98. The average molecular weight is 319 g/mol. The molecule has 0 atom stereocenters. The second kappa shape index (κ2) is 6.01. The van der Waals surface area contributed by atoms with E-state index < -0.39 is 0 Å². The van der Waals surface area contributed by atoms with E-state index in [4.69, 9.17) is 11.6 Å². The van der Waals surface area contributed by atoms with E-state index in [1.807, 2.05) is 23.9 Å². The zero-order valence-corrected chi connectivity index (χ0v) is 13.0. The van der Waals surface area contributed by atoms with Crippen LogP contribution in [0.3, 0.4) is 0 Å². The lowest BCUT2D eigenvalue weighted by atomic mass is 10.1. The lowest BCUT2D eigenvalue weighted by Gasteiger charge is -2.08. The van der Waals surface area contributed by atoms with Crippen molar-refractivity contribution in [2.45, 2.75) is 12.2 Å². The highest BCUT2D eigenvalue weighted by Crippen LogP contribution is 2.38. The third kappa shape index (κ3) is 2.62. The normalized spacial score (nSPS) is 15.2. The predicted octanol–water partition coefficient (Wildman–Crippen LogP) is 4.56. The fourth-order valence-electron chi connectivity index (χ4n) is 2.14. The Morgan fingerprint density at radius 1 is 1.35 bits per heavy atom. The first-order chi connectivity index (χ1) is 9.79. The van der Waals surface area contributed by atoms with Crippen LogP contribution in [0.1, 0.15) is 20.9 Å². The molecule has 0 bridgehead atoms. The zero-order valence-electron chi connectivity index (χ0n) is 10.6. The minimum Gasteiger partial charge on any atom is -0.265 e. The second-order valence-electron chi connectivity index (χ2n) is 4.40. The van der Waals surface area contributed by atoms with Gasteiger partial charge >= 0.3 is 0 Å². The fraction of sp³-hybridized carbons (Fsp3) is 0.200. The SMILES string of the molecule is N#C/C(=C(/Cl)c1cc2c(s1)CCSC2)c1ccncc1. The molecule has 0 unspecified atom stereocenters. The number of thiophene rings is 1. The molecule has 3 heterocycles. The highest BCUT2D eigenvalue weighted by Gasteiger charge is 2.17. The Bertz CT molecular complexity index is 675. The van der Waals surface area contributed by atoms with Crippen LogP contribution in [0.2, 0.25) is 0 Å². The van der Waals surface area contributed by atoms with Crippen molar-refractivity contribution in [1.29, 1.82) is 5.26 Å². The van der Waals surface area contributed by atoms with Crippen molar-refractivity contribution < 1.29 is 0 Å². The van der Waals surface area contributed by atoms with Gasteiger partial charge in [0.15, 0.2) is 0 Å². The fourth-order valence-corrected chi connectivity index (χ4v) is 4.77. The van der Waals surface area contributed by atoms with E-state index >= 15 is 0 Å². The smallest absolute Gasteiger partial charge is 0.101 e. The van der Waals surface area contributed by atoms with Crippen LogP contribution in [0, 0.1) is 11.3 Å². The predicted molar refractivity (Wildman–Crippen MR) is 86.7 cm³/mol. The van der Waals surface area contributed by atoms with Gasteiger partial charge in [-0.15, -0.1) is 11.3 Å². The number of pyridine rings is 1. The van der Waals surface area contributed by atoms with Gasteiger partial charge < -0.3 is 0 Å². The lowest BCUT2D eigenvalue weighted by Crippen LogP contribution is -1.96. The van der Waals surface area contributed by atoms with Crippen LogP contribution < -0.4 is 0 Å². The van der Waals surface area contributed by atoms with Crippen LogP contribution in [-0.2, 0) is 12.2 Å². The summed E-state index contributed by atoms with van der Waals surface area (Å²) in [5.41, 5.74) is 2.69. The molecule has 3 rings (SSSR count). The summed E-state index contributed by atoms with van der Waals surface area (Å²) in [5, 5.41) is 9.95. The van der Waals surface area contributed by atoms with Crippen molar-refractivity contribution in [2.75, 3.05) is 5.75 Å². The maximum atomic E-state index is 9.40. The molecule has 2 aromatic rings.